The van der Waals surface area contributed by atoms with Crippen LogP contribution in [0.4, 0.5) is 8.78 Å². The van der Waals surface area contributed by atoms with Crippen molar-refractivity contribution in [3.8, 4) is 5.75 Å². The van der Waals surface area contributed by atoms with Crippen molar-refractivity contribution in [1.82, 2.24) is 9.97 Å². The molecule has 2 aromatic rings. The second-order valence-corrected chi connectivity index (χ2v) is 8.07. The number of aromatic nitrogens is 2. The first-order chi connectivity index (χ1) is 13.3. The summed E-state index contributed by atoms with van der Waals surface area (Å²) in [5, 5.41) is 0. The number of rotatable bonds is 8. The Labute approximate surface area is 161 Å². The normalized spacial score (nSPS) is 18.7. The average Bonchev–Trinajstić information content (AvgIpc) is 3.56. The minimum absolute atomic E-state index is 0.0126. The topological polar surface area (TPSA) is 72.0 Å². The van der Waals surface area contributed by atoms with Crippen LogP contribution in [0.3, 0.4) is 0 Å². The number of aromatic amines is 1. The summed E-state index contributed by atoms with van der Waals surface area (Å²) in [5.74, 6) is 0.707. The smallest absolute Gasteiger partial charge is 0.387 e. The van der Waals surface area contributed by atoms with Crippen LogP contribution >= 0.6 is 0 Å². The lowest BCUT2D eigenvalue weighted by atomic mass is 9.80. The van der Waals surface area contributed by atoms with Crippen LogP contribution in [0.25, 0.3) is 0 Å². The molecular weight excluding hydrogens is 366 g/mol. The summed E-state index contributed by atoms with van der Waals surface area (Å²) in [5.41, 5.74) is 0.795. The van der Waals surface area contributed by atoms with Gasteiger partial charge in [-0.05, 0) is 54.7 Å². The highest BCUT2D eigenvalue weighted by Gasteiger charge is 2.46. The van der Waals surface area contributed by atoms with Crippen LogP contribution in [-0.2, 0) is 0 Å². The summed E-state index contributed by atoms with van der Waals surface area (Å²) < 4.78 is 29.1. The van der Waals surface area contributed by atoms with E-state index in [4.69, 9.17) is 0 Å². The largest absolute Gasteiger partial charge is 0.435 e. The summed E-state index contributed by atoms with van der Waals surface area (Å²) in [7, 11) is 0. The lowest BCUT2D eigenvalue weighted by molar-refractivity contribution is -0.0498. The molecule has 0 saturated heterocycles. The first kappa shape index (κ1) is 18.8. The number of nitrogens with one attached hydrogen (secondary N) is 1. The number of hydrogen-bond acceptors (Lipinski definition) is 4. The third-order valence-corrected chi connectivity index (χ3v) is 5.79. The fraction of sp³-hybridized carbons (Fsp3) is 0.476. The van der Waals surface area contributed by atoms with Gasteiger partial charge < -0.3 is 9.72 Å². The number of nitrogens with zero attached hydrogens (tertiary/aromatic N) is 1. The number of benzene rings is 1. The molecule has 2 saturated carbocycles. The number of H-pyrrole nitrogens is 1. The minimum atomic E-state index is -2.87. The first-order valence-corrected chi connectivity index (χ1v) is 9.53. The van der Waals surface area contributed by atoms with E-state index in [0.29, 0.717) is 5.82 Å². The van der Waals surface area contributed by atoms with E-state index in [9.17, 15) is 18.4 Å². The van der Waals surface area contributed by atoms with Crippen molar-refractivity contribution in [2.45, 2.75) is 57.5 Å². The van der Waals surface area contributed by atoms with Crippen LogP contribution < -0.4 is 10.3 Å². The Morgan fingerprint density at radius 2 is 1.96 bits per heavy atom. The van der Waals surface area contributed by atoms with Crippen LogP contribution in [-0.4, -0.2) is 22.4 Å². The van der Waals surface area contributed by atoms with Gasteiger partial charge >= 0.3 is 6.61 Å². The molecule has 0 spiro atoms. The van der Waals surface area contributed by atoms with Crippen molar-refractivity contribution in [1.29, 1.82) is 0 Å². The summed E-state index contributed by atoms with van der Waals surface area (Å²) in [6, 6.07) is 7.74. The van der Waals surface area contributed by atoms with Crippen LogP contribution in [0.15, 0.2) is 35.1 Å². The maximum Gasteiger partial charge on any atom is 0.387 e. The molecule has 148 valence electrons. The van der Waals surface area contributed by atoms with E-state index in [-0.39, 0.29) is 46.5 Å². The number of carbonyl (C=O) groups is 1. The second kappa shape index (κ2) is 7.11. The fourth-order valence-electron chi connectivity index (χ4n) is 3.65. The van der Waals surface area contributed by atoms with Crippen molar-refractivity contribution in [3.05, 3.63) is 57.8 Å². The summed E-state index contributed by atoms with van der Waals surface area (Å²) >= 11 is 0. The molecule has 1 N–H and O–H groups in total. The quantitative estimate of drug-likeness (QED) is 0.680. The Hall–Kier alpha value is -2.57. The zero-order valence-corrected chi connectivity index (χ0v) is 15.6. The summed E-state index contributed by atoms with van der Waals surface area (Å²) in [4.78, 5) is 31.9. The molecule has 0 radical (unpaired) electrons. The highest BCUT2D eigenvalue weighted by atomic mass is 19.3. The molecule has 1 heterocycles. The van der Waals surface area contributed by atoms with Gasteiger partial charge in [0.25, 0.3) is 5.56 Å². The number of halogens is 2. The molecule has 0 bridgehead atoms. The number of hydrogen-bond donors (Lipinski definition) is 1. The monoisotopic (exact) mass is 388 g/mol. The van der Waals surface area contributed by atoms with Crippen molar-refractivity contribution in [2.75, 3.05) is 0 Å². The van der Waals surface area contributed by atoms with Crippen molar-refractivity contribution in [2.24, 2.45) is 5.41 Å². The number of carbonyl (C=O) groups excluding carboxylic acids is 1. The zero-order chi connectivity index (χ0) is 19.9. The molecule has 1 aromatic carbocycles. The van der Waals surface area contributed by atoms with Gasteiger partial charge in [-0.15, -0.1) is 0 Å². The van der Waals surface area contributed by atoms with Crippen LogP contribution in [0.1, 0.15) is 72.7 Å². The molecule has 7 heteroatoms. The van der Waals surface area contributed by atoms with Crippen LogP contribution in [0, 0.1) is 5.41 Å². The van der Waals surface area contributed by atoms with Gasteiger partial charge in [-0.25, -0.2) is 4.98 Å². The highest BCUT2D eigenvalue weighted by Crippen LogP contribution is 2.57. The molecule has 2 aliphatic rings. The Morgan fingerprint density at radius 1 is 1.29 bits per heavy atom. The van der Waals surface area contributed by atoms with E-state index in [1.165, 1.54) is 18.2 Å². The predicted octanol–water partition coefficient (Wildman–Crippen LogP) is 4.41. The van der Waals surface area contributed by atoms with Gasteiger partial charge in [0.05, 0.1) is 0 Å². The lowest BCUT2D eigenvalue weighted by Crippen LogP contribution is -2.20. The number of ketones is 1. The minimum Gasteiger partial charge on any atom is -0.435 e. The van der Waals surface area contributed by atoms with E-state index in [1.807, 2.05) is 0 Å². The number of Topliss-reactive ketones (excluding diaryl/α,β-unsaturated/α-hetero) is 1. The molecule has 28 heavy (non-hydrogen) atoms. The molecule has 2 fully saturated rings. The second-order valence-electron chi connectivity index (χ2n) is 8.07. The van der Waals surface area contributed by atoms with Gasteiger partial charge in [0.1, 0.15) is 17.3 Å². The van der Waals surface area contributed by atoms with Crippen molar-refractivity contribution >= 4 is 5.78 Å². The Kier molecular flexibility index (Phi) is 4.77. The van der Waals surface area contributed by atoms with Crippen LogP contribution in [0.5, 0.6) is 5.75 Å². The lowest BCUT2D eigenvalue weighted by Gasteiger charge is -2.23. The predicted molar refractivity (Wildman–Crippen MR) is 98.9 cm³/mol. The maximum absolute atomic E-state index is 12.9. The van der Waals surface area contributed by atoms with Gasteiger partial charge in [-0.2, -0.15) is 8.78 Å². The fourth-order valence-corrected chi connectivity index (χ4v) is 3.65. The molecular formula is C21H22F2N2O3. The molecule has 0 amide bonds. The first-order valence-electron chi connectivity index (χ1n) is 9.53. The molecule has 4 rings (SSSR count). The molecule has 0 unspecified atom stereocenters. The van der Waals surface area contributed by atoms with Crippen molar-refractivity contribution < 1.29 is 18.3 Å². The molecule has 0 aliphatic heterocycles. The van der Waals surface area contributed by atoms with Gasteiger partial charge in [0, 0.05) is 18.4 Å². The average molecular weight is 388 g/mol. The molecule has 1 atom stereocenters. The molecule has 5 nitrogen and oxygen atoms in total. The van der Waals surface area contributed by atoms with Gasteiger partial charge in [0.15, 0.2) is 5.78 Å². The van der Waals surface area contributed by atoms with Gasteiger partial charge in [-0.3, -0.25) is 9.59 Å². The number of alkyl halides is 2. The van der Waals surface area contributed by atoms with E-state index >= 15 is 0 Å². The van der Waals surface area contributed by atoms with Crippen LogP contribution in [0.2, 0.25) is 0 Å². The number of ether oxygens (including phenoxy) is 1. The summed E-state index contributed by atoms with van der Waals surface area (Å²) in [6.07, 6.45) is 4.18. The Balaban J connectivity index is 1.56. The Morgan fingerprint density at radius 3 is 2.54 bits per heavy atom. The zero-order valence-electron chi connectivity index (χ0n) is 15.6. The van der Waals surface area contributed by atoms with E-state index in [0.717, 1.165) is 31.2 Å². The maximum atomic E-state index is 12.9. The molecule has 2 aliphatic carbocycles. The van der Waals surface area contributed by atoms with E-state index < -0.39 is 6.61 Å². The highest BCUT2D eigenvalue weighted by molar-refractivity contribution is 5.94. The summed E-state index contributed by atoms with van der Waals surface area (Å²) in [6.45, 7) is -0.748. The molecule has 1 aromatic heterocycles. The van der Waals surface area contributed by atoms with Crippen molar-refractivity contribution in [3.63, 3.8) is 0 Å². The standard InChI is InChI=1S/C21H22F2N2O3/c1-21(8-9-21)15(12-4-6-14(7-5-12)28-20(22)23)10-17(26)16-11-18(27)25-19(24-16)13-2-3-13/h4-7,11,13,15,20H,2-3,8-10H2,1H3,(H,24,25,27)/t15-/m0/s1. The third-order valence-electron chi connectivity index (χ3n) is 5.79. The Bertz CT molecular complexity index is 931. The van der Waals surface area contributed by atoms with Gasteiger partial charge in [0.2, 0.25) is 0 Å². The van der Waals surface area contributed by atoms with Gasteiger partial charge in [-0.1, -0.05) is 19.1 Å². The third kappa shape index (κ3) is 4.13. The van der Waals surface area contributed by atoms with E-state index in [1.54, 1.807) is 12.1 Å². The van der Waals surface area contributed by atoms with E-state index in [2.05, 4.69) is 21.6 Å². The SMILES string of the molecule is CC1([C@@H](CC(=O)c2cc(=O)[nH]c(C3CC3)n2)c2ccc(OC(F)F)cc2)CC1.